The third-order valence-electron chi connectivity index (χ3n) is 6.74. The lowest BCUT2D eigenvalue weighted by Gasteiger charge is -1.99. The highest BCUT2D eigenvalue weighted by Gasteiger charge is 2.07. The molecule has 0 amide bonds. The van der Waals surface area contributed by atoms with E-state index in [2.05, 4.69) is 109 Å². The molecule has 0 atom stereocenters. The Kier molecular flexibility index (Phi) is 4.82. The van der Waals surface area contributed by atoms with Crippen LogP contribution in [-0.4, -0.2) is 0 Å². The van der Waals surface area contributed by atoms with Crippen LogP contribution in [0.25, 0.3) is 67.8 Å². The maximum absolute atomic E-state index is 6.12. The lowest BCUT2D eigenvalue weighted by atomic mass is 10.1. The quantitative estimate of drug-likeness (QED) is 0.260. The van der Waals surface area contributed by atoms with Crippen LogP contribution in [0.1, 0.15) is 22.6 Å². The van der Waals surface area contributed by atoms with E-state index in [1.165, 1.54) is 21.5 Å². The summed E-state index contributed by atoms with van der Waals surface area (Å²) >= 11 is 0. The number of hydrogen-bond acceptors (Lipinski definition) is 2. The van der Waals surface area contributed by atoms with Gasteiger partial charge in [-0.15, -0.1) is 0 Å². The summed E-state index contributed by atoms with van der Waals surface area (Å²) in [5.74, 6) is 1.67. The minimum Gasteiger partial charge on any atom is -0.457 e. The summed E-state index contributed by atoms with van der Waals surface area (Å²) in [6.07, 6.45) is 8.28. The number of rotatable bonds is 4. The van der Waals surface area contributed by atoms with Crippen molar-refractivity contribution >= 4 is 67.8 Å². The Hall–Kier alpha value is -4.82. The predicted octanol–water partition coefficient (Wildman–Crippen LogP) is 9.83. The molecule has 7 rings (SSSR count). The summed E-state index contributed by atoms with van der Waals surface area (Å²) in [6, 6.07) is 37.7. The molecule has 170 valence electrons. The van der Waals surface area contributed by atoms with Crippen molar-refractivity contribution in [1.82, 2.24) is 0 Å². The Morgan fingerprint density at radius 1 is 0.389 bits per heavy atom. The van der Waals surface area contributed by atoms with Crippen molar-refractivity contribution in [2.24, 2.45) is 0 Å². The predicted molar refractivity (Wildman–Crippen MR) is 152 cm³/mol. The van der Waals surface area contributed by atoms with Gasteiger partial charge in [-0.2, -0.15) is 0 Å². The van der Waals surface area contributed by atoms with E-state index < -0.39 is 0 Å². The topological polar surface area (TPSA) is 26.3 Å². The van der Waals surface area contributed by atoms with Gasteiger partial charge in [0, 0.05) is 10.8 Å². The molecule has 36 heavy (non-hydrogen) atoms. The Bertz CT molecular complexity index is 1800. The van der Waals surface area contributed by atoms with Gasteiger partial charge in [0.2, 0.25) is 0 Å². The molecule has 0 aliphatic carbocycles. The Morgan fingerprint density at radius 3 is 1.33 bits per heavy atom. The van der Waals surface area contributed by atoms with E-state index >= 15 is 0 Å². The molecule has 2 aromatic heterocycles. The average Bonchev–Trinajstić information content (AvgIpc) is 3.55. The average molecular weight is 463 g/mol. The van der Waals surface area contributed by atoms with Crippen LogP contribution in [0.4, 0.5) is 0 Å². The molecule has 0 unspecified atom stereocenters. The molecule has 0 saturated carbocycles. The lowest BCUT2D eigenvalue weighted by molar-refractivity contribution is 0.604. The van der Waals surface area contributed by atoms with Gasteiger partial charge >= 0.3 is 0 Å². The van der Waals surface area contributed by atoms with Gasteiger partial charge in [0.05, 0.1) is 0 Å². The summed E-state index contributed by atoms with van der Waals surface area (Å²) in [6.45, 7) is 0. The first-order valence-corrected chi connectivity index (χ1v) is 12.1. The Morgan fingerprint density at radius 2 is 0.833 bits per heavy atom. The van der Waals surface area contributed by atoms with Crippen molar-refractivity contribution in [2.75, 3.05) is 0 Å². The van der Waals surface area contributed by atoms with E-state index in [1.807, 2.05) is 24.3 Å². The van der Waals surface area contributed by atoms with Crippen LogP contribution in [0.5, 0.6) is 0 Å². The third kappa shape index (κ3) is 3.60. The fourth-order valence-electron chi connectivity index (χ4n) is 4.95. The normalized spacial score (nSPS) is 12.2. The van der Waals surface area contributed by atoms with Crippen molar-refractivity contribution in [3.63, 3.8) is 0 Å². The number of hydrogen-bond donors (Lipinski definition) is 0. The standard InChI is InChI=1S/C34H22O2/c1-2-8-24(14-18-28-22-32-30-12-6-4-10-26(30)16-20-34(32)36-28)23(7-1)13-17-27-21-31-29-11-5-3-9-25(29)15-19-33(31)35-27/h1-22H/b17-13+,18-14+. The molecule has 0 N–H and O–H groups in total. The van der Waals surface area contributed by atoms with Crippen molar-refractivity contribution in [2.45, 2.75) is 0 Å². The van der Waals surface area contributed by atoms with E-state index in [9.17, 15) is 0 Å². The van der Waals surface area contributed by atoms with Gasteiger partial charge in [0.1, 0.15) is 22.7 Å². The largest absolute Gasteiger partial charge is 0.457 e. The molecule has 0 fully saturated rings. The second-order valence-electron chi connectivity index (χ2n) is 8.99. The van der Waals surface area contributed by atoms with Crippen molar-refractivity contribution in [3.8, 4) is 0 Å². The van der Waals surface area contributed by atoms with Crippen molar-refractivity contribution < 1.29 is 8.83 Å². The number of furan rings is 2. The van der Waals surface area contributed by atoms with Crippen molar-refractivity contribution in [3.05, 3.63) is 132 Å². The van der Waals surface area contributed by atoms with Gasteiger partial charge in [-0.25, -0.2) is 0 Å². The van der Waals surface area contributed by atoms with Crippen LogP contribution >= 0.6 is 0 Å². The molecule has 0 saturated heterocycles. The first-order valence-electron chi connectivity index (χ1n) is 12.1. The molecule has 0 aliphatic rings. The highest BCUT2D eigenvalue weighted by molar-refractivity contribution is 6.07. The molecule has 2 heteroatoms. The lowest BCUT2D eigenvalue weighted by Crippen LogP contribution is -1.79. The van der Waals surface area contributed by atoms with E-state index in [0.29, 0.717) is 0 Å². The van der Waals surface area contributed by atoms with Gasteiger partial charge in [0.25, 0.3) is 0 Å². The zero-order valence-corrected chi connectivity index (χ0v) is 19.5. The third-order valence-corrected chi connectivity index (χ3v) is 6.74. The summed E-state index contributed by atoms with van der Waals surface area (Å²) < 4.78 is 12.2. The summed E-state index contributed by atoms with van der Waals surface area (Å²) in [5, 5.41) is 7.13. The van der Waals surface area contributed by atoms with E-state index in [-0.39, 0.29) is 0 Å². The monoisotopic (exact) mass is 462 g/mol. The maximum atomic E-state index is 6.12. The molecular weight excluding hydrogens is 440 g/mol. The van der Waals surface area contributed by atoms with Crippen LogP contribution in [0.2, 0.25) is 0 Å². The van der Waals surface area contributed by atoms with Crippen LogP contribution in [-0.2, 0) is 0 Å². The molecule has 0 radical (unpaired) electrons. The molecule has 0 spiro atoms. The molecule has 5 aromatic carbocycles. The second-order valence-corrected chi connectivity index (χ2v) is 8.99. The molecule has 0 bridgehead atoms. The van der Waals surface area contributed by atoms with Crippen LogP contribution in [0, 0.1) is 0 Å². The molecule has 7 aromatic rings. The number of benzene rings is 5. The van der Waals surface area contributed by atoms with Gasteiger partial charge in [-0.3, -0.25) is 0 Å². The molecule has 2 heterocycles. The SMILES string of the molecule is C(=C\c1ccccc1/C=C/c1cc2c(ccc3ccccc32)o1)/c1cc2c(ccc3ccccc32)o1. The maximum Gasteiger partial charge on any atom is 0.135 e. The highest BCUT2D eigenvalue weighted by atomic mass is 16.3. The first-order chi connectivity index (χ1) is 17.8. The molecular formula is C34H22O2. The number of fused-ring (bicyclic) bond motifs is 6. The van der Waals surface area contributed by atoms with Gasteiger partial charge in [-0.1, -0.05) is 97.1 Å². The van der Waals surface area contributed by atoms with Gasteiger partial charge < -0.3 is 8.83 Å². The van der Waals surface area contributed by atoms with Crippen molar-refractivity contribution in [1.29, 1.82) is 0 Å². The highest BCUT2D eigenvalue weighted by Crippen LogP contribution is 2.30. The van der Waals surface area contributed by atoms with Gasteiger partial charge in [-0.05, 0) is 69.1 Å². The minimum absolute atomic E-state index is 0.837. The molecule has 0 aliphatic heterocycles. The van der Waals surface area contributed by atoms with Crippen LogP contribution < -0.4 is 0 Å². The Labute approximate surface area is 208 Å². The Balaban J connectivity index is 1.21. The van der Waals surface area contributed by atoms with Gasteiger partial charge in [0.15, 0.2) is 0 Å². The summed E-state index contributed by atoms with van der Waals surface area (Å²) in [5.41, 5.74) is 4.03. The van der Waals surface area contributed by atoms with E-state index in [0.717, 1.165) is 44.6 Å². The summed E-state index contributed by atoms with van der Waals surface area (Å²) in [4.78, 5) is 0. The second kappa shape index (κ2) is 8.44. The summed E-state index contributed by atoms with van der Waals surface area (Å²) in [7, 11) is 0. The fourth-order valence-corrected chi connectivity index (χ4v) is 4.95. The van der Waals surface area contributed by atoms with E-state index in [1.54, 1.807) is 0 Å². The van der Waals surface area contributed by atoms with E-state index in [4.69, 9.17) is 8.83 Å². The zero-order chi connectivity index (χ0) is 23.9. The smallest absolute Gasteiger partial charge is 0.135 e. The first kappa shape index (κ1) is 20.5. The van der Waals surface area contributed by atoms with Crippen LogP contribution in [0.15, 0.2) is 118 Å². The molecule has 2 nitrogen and oxygen atoms in total. The fraction of sp³-hybridized carbons (Fsp3) is 0. The zero-order valence-electron chi connectivity index (χ0n) is 19.5. The van der Waals surface area contributed by atoms with Crippen LogP contribution in [0.3, 0.4) is 0 Å². The minimum atomic E-state index is 0.837.